The molecule has 0 amide bonds. The summed E-state index contributed by atoms with van der Waals surface area (Å²) in [6.45, 7) is 0.247. The number of fused-ring (bicyclic) bond motifs is 1. The summed E-state index contributed by atoms with van der Waals surface area (Å²) in [7, 11) is 0. The van der Waals surface area contributed by atoms with Gasteiger partial charge in [-0.05, 0) is 29.8 Å². The molecule has 0 aliphatic rings. The zero-order valence-corrected chi connectivity index (χ0v) is 11.8. The van der Waals surface area contributed by atoms with Gasteiger partial charge in [-0.2, -0.15) is 0 Å². The van der Waals surface area contributed by atoms with Crippen LogP contribution in [0.15, 0.2) is 53.3 Å². The first kappa shape index (κ1) is 13.8. The summed E-state index contributed by atoms with van der Waals surface area (Å²) in [5, 5.41) is 0.530. The van der Waals surface area contributed by atoms with E-state index in [2.05, 4.69) is 4.98 Å². The molecule has 3 aromatic rings. The van der Waals surface area contributed by atoms with Crippen molar-refractivity contribution in [2.75, 3.05) is 0 Å². The molecule has 0 saturated heterocycles. The van der Waals surface area contributed by atoms with E-state index < -0.39 is 0 Å². The average molecular weight is 303 g/mol. The molecule has 3 rings (SSSR count). The predicted molar refractivity (Wildman–Crippen MR) is 81.1 cm³/mol. The summed E-state index contributed by atoms with van der Waals surface area (Å²) in [4.78, 5) is 17.0. The molecular formula is C16H12ClFN2O. The van der Waals surface area contributed by atoms with Gasteiger partial charge in [0.25, 0.3) is 5.56 Å². The maximum absolute atomic E-state index is 13.3. The Hall–Kier alpha value is -2.20. The van der Waals surface area contributed by atoms with E-state index in [4.69, 9.17) is 11.6 Å². The van der Waals surface area contributed by atoms with Crippen LogP contribution in [0.25, 0.3) is 10.9 Å². The third-order valence-corrected chi connectivity index (χ3v) is 3.53. The monoisotopic (exact) mass is 302 g/mol. The van der Waals surface area contributed by atoms with Crippen molar-refractivity contribution < 1.29 is 4.39 Å². The van der Waals surface area contributed by atoms with E-state index in [1.165, 1.54) is 16.7 Å². The Morgan fingerprint density at radius 3 is 2.71 bits per heavy atom. The van der Waals surface area contributed by atoms with Gasteiger partial charge in [0.2, 0.25) is 0 Å². The van der Waals surface area contributed by atoms with Gasteiger partial charge in [-0.25, -0.2) is 9.37 Å². The van der Waals surface area contributed by atoms with Gasteiger partial charge in [0.05, 0.1) is 23.3 Å². The van der Waals surface area contributed by atoms with Crippen LogP contribution in [0.2, 0.25) is 0 Å². The van der Waals surface area contributed by atoms with Gasteiger partial charge in [0, 0.05) is 0 Å². The summed E-state index contributed by atoms with van der Waals surface area (Å²) in [6.07, 6.45) is 0. The minimum Gasteiger partial charge on any atom is -0.291 e. The molecule has 0 spiro atoms. The number of aromatic nitrogens is 2. The van der Waals surface area contributed by atoms with Crippen molar-refractivity contribution in [2.45, 2.75) is 12.4 Å². The highest BCUT2D eigenvalue weighted by Gasteiger charge is 2.10. The highest BCUT2D eigenvalue weighted by molar-refractivity contribution is 6.16. The van der Waals surface area contributed by atoms with Gasteiger partial charge in [-0.1, -0.05) is 24.3 Å². The quantitative estimate of drug-likeness (QED) is 0.696. The highest BCUT2D eigenvalue weighted by atomic mass is 35.5. The van der Waals surface area contributed by atoms with Crippen molar-refractivity contribution in [3.63, 3.8) is 0 Å². The fourth-order valence-electron chi connectivity index (χ4n) is 2.30. The third-order valence-electron chi connectivity index (χ3n) is 3.29. The van der Waals surface area contributed by atoms with Gasteiger partial charge in [0.1, 0.15) is 11.6 Å². The van der Waals surface area contributed by atoms with Crippen molar-refractivity contribution >= 4 is 22.5 Å². The van der Waals surface area contributed by atoms with Crippen molar-refractivity contribution in [2.24, 2.45) is 0 Å². The van der Waals surface area contributed by atoms with E-state index in [0.717, 1.165) is 0 Å². The normalized spacial score (nSPS) is 11.0. The summed E-state index contributed by atoms with van der Waals surface area (Å²) in [5.74, 6) is 0.265. The van der Waals surface area contributed by atoms with E-state index in [0.29, 0.717) is 22.3 Å². The molecule has 1 heterocycles. The van der Waals surface area contributed by atoms with Crippen molar-refractivity contribution in [3.05, 3.63) is 76.1 Å². The first-order valence-electron chi connectivity index (χ1n) is 6.48. The second kappa shape index (κ2) is 5.66. The van der Waals surface area contributed by atoms with Gasteiger partial charge in [-0.15, -0.1) is 11.6 Å². The number of hydrogen-bond acceptors (Lipinski definition) is 2. The molecular weight excluding hydrogens is 291 g/mol. The molecule has 0 saturated carbocycles. The lowest BCUT2D eigenvalue weighted by molar-refractivity contribution is 0.621. The number of rotatable bonds is 3. The minimum absolute atomic E-state index is 0.120. The zero-order valence-electron chi connectivity index (χ0n) is 11.1. The Morgan fingerprint density at radius 2 is 1.95 bits per heavy atom. The van der Waals surface area contributed by atoms with Gasteiger partial charge in [0.15, 0.2) is 0 Å². The maximum Gasteiger partial charge on any atom is 0.261 e. The summed E-state index contributed by atoms with van der Waals surface area (Å²) in [5.41, 5.74) is 1.15. The Bertz CT molecular complexity index is 860. The fourth-order valence-corrected chi connectivity index (χ4v) is 2.50. The van der Waals surface area contributed by atoms with E-state index in [1.807, 2.05) is 6.07 Å². The van der Waals surface area contributed by atoms with Crippen molar-refractivity contribution in [1.82, 2.24) is 9.55 Å². The lowest BCUT2D eigenvalue weighted by Gasteiger charge is -2.12. The van der Waals surface area contributed by atoms with Crippen LogP contribution in [0.3, 0.4) is 0 Å². The molecule has 0 unspecified atom stereocenters. The molecule has 0 aliphatic carbocycles. The van der Waals surface area contributed by atoms with Crippen LogP contribution in [-0.4, -0.2) is 9.55 Å². The first-order valence-corrected chi connectivity index (χ1v) is 7.01. The molecule has 1 aromatic heterocycles. The smallest absolute Gasteiger partial charge is 0.261 e. The average Bonchev–Trinajstić information content (AvgIpc) is 2.50. The van der Waals surface area contributed by atoms with Crippen LogP contribution in [-0.2, 0) is 12.4 Å². The Kier molecular flexibility index (Phi) is 3.71. The van der Waals surface area contributed by atoms with Gasteiger partial charge >= 0.3 is 0 Å². The van der Waals surface area contributed by atoms with Crippen LogP contribution < -0.4 is 5.56 Å². The molecule has 0 radical (unpaired) electrons. The topological polar surface area (TPSA) is 34.9 Å². The number of benzene rings is 2. The highest BCUT2D eigenvalue weighted by Crippen LogP contribution is 2.12. The Balaban J connectivity index is 2.17. The van der Waals surface area contributed by atoms with Crippen molar-refractivity contribution in [3.8, 4) is 0 Å². The van der Waals surface area contributed by atoms with E-state index in [1.54, 1.807) is 30.3 Å². The Morgan fingerprint density at radius 1 is 1.14 bits per heavy atom. The lowest BCUT2D eigenvalue weighted by Crippen LogP contribution is -2.25. The summed E-state index contributed by atoms with van der Waals surface area (Å²) in [6, 6.07) is 13.3. The van der Waals surface area contributed by atoms with Crippen molar-refractivity contribution in [1.29, 1.82) is 0 Å². The molecule has 2 aromatic carbocycles. The minimum atomic E-state index is -0.332. The van der Waals surface area contributed by atoms with E-state index in [9.17, 15) is 9.18 Å². The van der Waals surface area contributed by atoms with Crippen LogP contribution in [0.4, 0.5) is 4.39 Å². The third kappa shape index (κ3) is 2.67. The predicted octanol–water partition coefficient (Wildman–Crippen LogP) is 3.32. The lowest BCUT2D eigenvalue weighted by atomic mass is 10.2. The Labute approximate surface area is 125 Å². The van der Waals surface area contributed by atoms with Gasteiger partial charge < -0.3 is 0 Å². The molecule has 106 valence electrons. The molecule has 0 N–H and O–H groups in total. The van der Waals surface area contributed by atoms with Crippen LogP contribution in [0, 0.1) is 5.82 Å². The first-order chi connectivity index (χ1) is 10.2. The van der Waals surface area contributed by atoms with Crippen LogP contribution in [0.1, 0.15) is 11.4 Å². The van der Waals surface area contributed by atoms with E-state index >= 15 is 0 Å². The maximum atomic E-state index is 13.3. The van der Waals surface area contributed by atoms with Crippen LogP contribution >= 0.6 is 11.6 Å². The molecule has 5 heteroatoms. The molecule has 0 fully saturated rings. The fraction of sp³-hybridized carbons (Fsp3) is 0.125. The SMILES string of the molecule is O=c1c2ccccc2nc(CCl)n1Cc1cccc(F)c1. The van der Waals surface area contributed by atoms with Crippen LogP contribution in [0.5, 0.6) is 0 Å². The number of halogens is 2. The molecule has 0 atom stereocenters. The number of hydrogen-bond donors (Lipinski definition) is 0. The molecule has 3 nitrogen and oxygen atoms in total. The number of alkyl halides is 1. The zero-order chi connectivity index (χ0) is 14.8. The van der Waals surface area contributed by atoms with E-state index in [-0.39, 0.29) is 23.8 Å². The molecule has 0 aliphatic heterocycles. The second-order valence-corrected chi connectivity index (χ2v) is 4.97. The standard InChI is InChI=1S/C16H12ClFN2O/c17-9-15-19-14-7-2-1-6-13(14)16(21)20(15)10-11-4-3-5-12(18)8-11/h1-8H,9-10H2. The van der Waals surface area contributed by atoms with Gasteiger partial charge in [-0.3, -0.25) is 9.36 Å². The number of nitrogens with zero attached hydrogens (tertiary/aromatic N) is 2. The largest absolute Gasteiger partial charge is 0.291 e. The summed E-state index contributed by atoms with van der Waals surface area (Å²) >= 11 is 5.91. The summed E-state index contributed by atoms with van der Waals surface area (Å²) < 4.78 is 14.8. The number of para-hydroxylation sites is 1. The second-order valence-electron chi connectivity index (χ2n) is 4.70. The molecule has 21 heavy (non-hydrogen) atoms. The molecule has 0 bridgehead atoms.